The second-order valence-electron chi connectivity index (χ2n) is 8.67. The lowest BCUT2D eigenvalue weighted by Crippen LogP contribution is -2.64. The Bertz CT molecular complexity index is 1340. The molecule has 1 atom stereocenters. The molecule has 0 spiro atoms. The van der Waals surface area contributed by atoms with Crippen molar-refractivity contribution in [2.24, 2.45) is 0 Å². The van der Waals surface area contributed by atoms with Crippen LogP contribution in [0.25, 0.3) is 10.2 Å². The lowest BCUT2D eigenvalue weighted by atomic mass is 9.92. The van der Waals surface area contributed by atoms with E-state index in [1.807, 2.05) is 85.3 Å². The molecule has 1 aliphatic rings. The van der Waals surface area contributed by atoms with Crippen LogP contribution in [0.4, 0.5) is 5.69 Å². The van der Waals surface area contributed by atoms with Crippen LogP contribution in [0.15, 0.2) is 66.0 Å². The molecule has 6 heteroatoms. The zero-order valence-electron chi connectivity index (χ0n) is 18.4. The topological polar surface area (TPSA) is 54.3 Å². The second-order valence-corrected chi connectivity index (χ2v) is 9.56. The molecule has 1 unspecified atom stereocenters. The average Bonchev–Trinajstić information content (AvgIpc) is 3.37. The van der Waals surface area contributed by atoms with Gasteiger partial charge >= 0.3 is 0 Å². The lowest BCUT2D eigenvalue weighted by molar-refractivity contribution is -0.126. The highest BCUT2D eigenvalue weighted by Crippen LogP contribution is 2.38. The van der Waals surface area contributed by atoms with Gasteiger partial charge in [-0.15, -0.1) is 11.3 Å². The molecule has 4 aromatic rings. The summed E-state index contributed by atoms with van der Waals surface area (Å²) in [5, 5.41) is 6.14. The monoisotopic (exact) mass is 443 g/mol. The van der Waals surface area contributed by atoms with E-state index in [9.17, 15) is 9.59 Å². The highest BCUT2D eigenvalue weighted by Gasteiger charge is 2.49. The molecule has 5 nitrogen and oxygen atoms in total. The quantitative estimate of drug-likeness (QED) is 0.480. The number of hydrogen-bond acceptors (Lipinski definition) is 3. The maximum atomic E-state index is 13.8. The first-order valence-electron chi connectivity index (χ1n) is 10.7. The largest absolute Gasteiger partial charge is 0.350 e. The third-order valence-electron chi connectivity index (χ3n) is 6.26. The SMILES string of the molecule is Cc1ccc(N2C(=O)c3cc4ccsc4n3CC2(C)C(=O)NCc2ccccc2)c(C)c1. The first-order chi connectivity index (χ1) is 15.4. The molecule has 3 heterocycles. The summed E-state index contributed by atoms with van der Waals surface area (Å²) in [5.74, 6) is -0.317. The molecule has 5 rings (SSSR count). The number of amides is 2. The van der Waals surface area contributed by atoms with Crippen molar-refractivity contribution >= 4 is 39.1 Å². The summed E-state index contributed by atoms with van der Waals surface area (Å²) in [6.07, 6.45) is 0. The van der Waals surface area contributed by atoms with Crippen LogP contribution in [-0.4, -0.2) is 21.9 Å². The number of thiophene rings is 1. The number of aromatic nitrogens is 1. The van der Waals surface area contributed by atoms with Gasteiger partial charge < -0.3 is 9.88 Å². The molecule has 162 valence electrons. The van der Waals surface area contributed by atoms with Crippen molar-refractivity contribution in [1.29, 1.82) is 0 Å². The van der Waals surface area contributed by atoms with Crippen molar-refractivity contribution < 1.29 is 9.59 Å². The van der Waals surface area contributed by atoms with Crippen LogP contribution in [0, 0.1) is 13.8 Å². The number of rotatable bonds is 4. The van der Waals surface area contributed by atoms with Gasteiger partial charge in [0.1, 0.15) is 16.1 Å². The number of nitrogens with zero attached hydrogens (tertiary/aromatic N) is 2. The molecular formula is C26H25N3O2S. The van der Waals surface area contributed by atoms with Gasteiger partial charge in [-0.2, -0.15) is 0 Å². The van der Waals surface area contributed by atoms with Crippen LogP contribution < -0.4 is 10.2 Å². The van der Waals surface area contributed by atoms with E-state index < -0.39 is 5.54 Å². The predicted molar refractivity (Wildman–Crippen MR) is 129 cm³/mol. The summed E-state index contributed by atoms with van der Waals surface area (Å²) in [7, 11) is 0. The maximum Gasteiger partial charge on any atom is 0.275 e. The Kier molecular flexibility index (Phi) is 4.90. The average molecular weight is 444 g/mol. The number of fused-ring (bicyclic) bond motifs is 3. The summed E-state index contributed by atoms with van der Waals surface area (Å²) < 4.78 is 2.00. The van der Waals surface area contributed by atoms with Gasteiger partial charge in [-0.25, -0.2) is 0 Å². The summed E-state index contributed by atoms with van der Waals surface area (Å²) in [6.45, 7) is 6.69. The molecule has 32 heavy (non-hydrogen) atoms. The fourth-order valence-corrected chi connectivity index (χ4v) is 5.50. The molecule has 0 saturated heterocycles. The molecule has 1 N–H and O–H groups in total. The molecule has 1 aliphatic heterocycles. The zero-order valence-corrected chi connectivity index (χ0v) is 19.2. The van der Waals surface area contributed by atoms with E-state index in [0.717, 1.165) is 32.6 Å². The van der Waals surface area contributed by atoms with Crippen molar-refractivity contribution in [3.63, 3.8) is 0 Å². The Labute approximate surface area is 191 Å². The number of anilines is 1. The van der Waals surface area contributed by atoms with Gasteiger partial charge in [0.2, 0.25) is 5.91 Å². The summed E-state index contributed by atoms with van der Waals surface area (Å²) in [4.78, 5) is 30.3. The number of benzene rings is 2. The Morgan fingerprint density at radius 2 is 1.88 bits per heavy atom. The van der Waals surface area contributed by atoms with Crippen molar-refractivity contribution in [2.45, 2.75) is 39.4 Å². The minimum Gasteiger partial charge on any atom is -0.350 e. The van der Waals surface area contributed by atoms with Gasteiger partial charge in [-0.3, -0.25) is 14.5 Å². The van der Waals surface area contributed by atoms with E-state index >= 15 is 0 Å². The first-order valence-corrected chi connectivity index (χ1v) is 11.6. The summed E-state index contributed by atoms with van der Waals surface area (Å²) in [5.41, 5.74) is 3.44. The number of nitrogens with one attached hydrogen (secondary N) is 1. The number of carbonyl (C=O) groups is 2. The number of carbonyl (C=O) groups excluding carboxylic acids is 2. The Balaban J connectivity index is 1.60. The van der Waals surface area contributed by atoms with E-state index in [-0.39, 0.29) is 11.8 Å². The molecule has 0 radical (unpaired) electrons. The predicted octanol–water partition coefficient (Wildman–Crippen LogP) is 5.06. The minimum atomic E-state index is -1.07. The Hall–Kier alpha value is -3.38. The fraction of sp³-hybridized carbons (Fsp3) is 0.231. The highest BCUT2D eigenvalue weighted by molar-refractivity contribution is 7.16. The van der Waals surface area contributed by atoms with E-state index in [1.54, 1.807) is 16.2 Å². The fourth-order valence-electron chi connectivity index (χ4n) is 4.60. The zero-order chi connectivity index (χ0) is 22.5. The number of aryl methyl sites for hydroxylation is 2. The van der Waals surface area contributed by atoms with Crippen LogP contribution in [0.1, 0.15) is 34.1 Å². The van der Waals surface area contributed by atoms with E-state index in [1.165, 1.54) is 0 Å². The standard InChI is InChI=1S/C26H25N3O2S/c1-17-9-10-21(18(2)13-17)29-23(30)22-14-20-11-12-32-24(20)28(22)16-26(29,3)25(31)27-15-19-7-5-4-6-8-19/h4-14H,15-16H2,1-3H3,(H,27,31). The first kappa shape index (κ1) is 20.5. The third-order valence-corrected chi connectivity index (χ3v) is 7.21. The summed E-state index contributed by atoms with van der Waals surface area (Å²) in [6, 6.07) is 19.8. The van der Waals surface area contributed by atoms with E-state index in [4.69, 9.17) is 0 Å². The molecule has 2 aromatic heterocycles. The van der Waals surface area contributed by atoms with Crippen LogP contribution in [0.2, 0.25) is 0 Å². The molecule has 2 amide bonds. The van der Waals surface area contributed by atoms with Crippen LogP contribution in [0.3, 0.4) is 0 Å². The van der Waals surface area contributed by atoms with E-state index in [0.29, 0.717) is 18.8 Å². The molecule has 0 aliphatic carbocycles. The van der Waals surface area contributed by atoms with Gasteiger partial charge in [-0.1, -0.05) is 48.0 Å². The van der Waals surface area contributed by atoms with Gasteiger partial charge in [0.05, 0.1) is 6.54 Å². The molecule has 0 fully saturated rings. The van der Waals surface area contributed by atoms with Crippen LogP contribution in [0.5, 0.6) is 0 Å². The smallest absolute Gasteiger partial charge is 0.275 e. The van der Waals surface area contributed by atoms with Crippen LogP contribution in [-0.2, 0) is 17.9 Å². The molecular weight excluding hydrogens is 418 g/mol. The Morgan fingerprint density at radius 3 is 2.62 bits per heavy atom. The van der Waals surface area contributed by atoms with Gasteiger partial charge in [0.25, 0.3) is 5.91 Å². The highest BCUT2D eigenvalue weighted by atomic mass is 32.1. The lowest BCUT2D eigenvalue weighted by Gasteiger charge is -2.44. The third kappa shape index (κ3) is 3.22. The molecule has 0 bridgehead atoms. The Morgan fingerprint density at radius 1 is 1.09 bits per heavy atom. The van der Waals surface area contributed by atoms with Crippen LogP contribution >= 0.6 is 11.3 Å². The van der Waals surface area contributed by atoms with Crippen molar-refractivity contribution in [3.8, 4) is 0 Å². The van der Waals surface area contributed by atoms with Crippen molar-refractivity contribution in [3.05, 3.63) is 88.4 Å². The van der Waals surface area contributed by atoms with Gasteiger partial charge in [-0.05, 0) is 55.5 Å². The second kappa shape index (κ2) is 7.64. The minimum absolute atomic E-state index is 0.149. The number of hydrogen-bond donors (Lipinski definition) is 1. The normalized spacial score (nSPS) is 18.1. The van der Waals surface area contributed by atoms with Crippen molar-refractivity contribution in [2.75, 3.05) is 4.90 Å². The molecule has 0 saturated carbocycles. The molecule has 2 aromatic carbocycles. The summed E-state index contributed by atoms with van der Waals surface area (Å²) >= 11 is 1.60. The van der Waals surface area contributed by atoms with Gasteiger partial charge in [0, 0.05) is 17.6 Å². The van der Waals surface area contributed by atoms with Gasteiger partial charge in [0.15, 0.2) is 0 Å². The van der Waals surface area contributed by atoms with E-state index in [2.05, 4.69) is 11.4 Å². The maximum absolute atomic E-state index is 13.8. The van der Waals surface area contributed by atoms with Crippen molar-refractivity contribution in [1.82, 2.24) is 9.88 Å².